The summed E-state index contributed by atoms with van der Waals surface area (Å²) in [5.74, 6) is 2.31. The third-order valence-corrected chi connectivity index (χ3v) is 12.3. The Balaban J connectivity index is 1.04. The van der Waals surface area contributed by atoms with Crippen LogP contribution < -0.4 is 9.47 Å². The van der Waals surface area contributed by atoms with Crippen molar-refractivity contribution in [1.29, 1.82) is 0 Å². The molecule has 0 saturated carbocycles. The van der Waals surface area contributed by atoms with Gasteiger partial charge in [-0.25, -0.2) is 4.79 Å². The Hall–Kier alpha value is -6.97. The van der Waals surface area contributed by atoms with Gasteiger partial charge in [0.1, 0.15) is 11.5 Å². The van der Waals surface area contributed by atoms with Gasteiger partial charge >= 0.3 is 6.16 Å². The topological polar surface area (TPSA) is 35.5 Å². The van der Waals surface area contributed by atoms with Gasteiger partial charge in [0, 0.05) is 0 Å². The summed E-state index contributed by atoms with van der Waals surface area (Å²) in [4.78, 5) is 13.2. The zero-order valence-electron chi connectivity index (χ0n) is 38.4. The van der Waals surface area contributed by atoms with Crippen molar-refractivity contribution in [3.63, 3.8) is 0 Å². The van der Waals surface area contributed by atoms with Crippen LogP contribution in [0.3, 0.4) is 0 Å². The van der Waals surface area contributed by atoms with E-state index in [0.29, 0.717) is 35.2 Å². The van der Waals surface area contributed by atoms with E-state index in [1.165, 1.54) is 66.8 Å². The van der Waals surface area contributed by atoms with Crippen LogP contribution in [0.2, 0.25) is 0 Å². The molecule has 0 heterocycles. The summed E-state index contributed by atoms with van der Waals surface area (Å²) >= 11 is 0. The summed E-state index contributed by atoms with van der Waals surface area (Å²) in [5.41, 5.74) is 19.2. The summed E-state index contributed by atoms with van der Waals surface area (Å²) in [6, 6.07) is 63.7. The average Bonchev–Trinajstić information content (AvgIpc) is 3.31. The molecule has 0 aliphatic heterocycles. The van der Waals surface area contributed by atoms with Crippen LogP contribution in [0.15, 0.2) is 182 Å². The molecule has 8 aromatic carbocycles. The SMILES string of the molecule is CC(C)c1ccccc1-c1ccc(-c2ccc(OC(=O)Oc3ccc(-c4ccc(-c5ccccc5C(C)C)cc4-c4ccccc4C(C)C)cc3)cc2)c(-c2ccccc2C(C)C)c1. The lowest BCUT2D eigenvalue weighted by molar-refractivity contribution is 0.152. The first kappa shape index (κ1) is 43.7. The molecule has 0 aliphatic carbocycles. The highest BCUT2D eigenvalue weighted by Gasteiger charge is 2.19. The molecule has 0 radical (unpaired) electrons. The molecular formula is C61H58O3. The average molecular weight is 839 g/mol. The first-order chi connectivity index (χ1) is 31.0. The molecule has 0 aliphatic rings. The van der Waals surface area contributed by atoms with Gasteiger partial charge in [0.15, 0.2) is 0 Å². The molecule has 0 fully saturated rings. The maximum atomic E-state index is 13.2. The van der Waals surface area contributed by atoms with Crippen molar-refractivity contribution in [1.82, 2.24) is 0 Å². The maximum absolute atomic E-state index is 13.2. The van der Waals surface area contributed by atoms with Crippen LogP contribution in [0.4, 0.5) is 4.79 Å². The number of rotatable bonds is 12. The van der Waals surface area contributed by atoms with E-state index in [-0.39, 0.29) is 0 Å². The van der Waals surface area contributed by atoms with Gasteiger partial charge < -0.3 is 9.47 Å². The molecule has 64 heavy (non-hydrogen) atoms. The highest BCUT2D eigenvalue weighted by molar-refractivity contribution is 5.91. The van der Waals surface area contributed by atoms with Gasteiger partial charge in [0.05, 0.1) is 0 Å². The van der Waals surface area contributed by atoms with Gasteiger partial charge in [-0.05, 0) is 149 Å². The number of hydrogen-bond acceptors (Lipinski definition) is 3. The van der Waals surface area contributed by atoms with Crippen molar-refractivity contribution in [2.24, 2.45) is 0 Å². The van der Waals surface area contributed by atoms with Gasteiger partial charge in [-0.15, -0.1) is 0 Å². The van der Waals surface area contributed by atoms with E-state index in [1.807, 2.05) is 48.5 Å². The zero-order valence-corrected chi connectivity index (χ0v) is 38.4. The first-order valence-corrected chi connectivity index (χ1v) is 22.7. The second-order valence-corrected chi connectivity index (χ2v) is 18.0. The fourth-order valence-corrected chi connectivity index (χ4v) is 9.01. The Morgan fingerprint density at radius 2 is 0.578 bits per heavy atom. The van der Waals surface area contributed by atoms with E-state index in [1.54, 1.807) is 0 Å². The summed E-state index contributed by atoms with van der Waals surface area (Å²) in [5, 5.41) is 0. The molecule has 0 atom stereocenters. The minimum absolute atomic E-state index is 0.350. The second-order valence-electron chi connectivity index (χ2n) is 18.0. The molecule has 8 aromatic rings. The third kappa shape index (κ3) is 9.36. The number of hydrogen-bond donors (Lipinski definition) is 0. The molecule has 3 heteroatoms. The minimum Gasteiger partial charge on any atom is -0.395 e. The van der Waals surface area contributed by atoms with Gasteiger partial charge in [-0.2, -0.15) is 0 Å². The normalized spacial score (nSPS) is 11.4. The number of benzene rings is 8. The van der Waals surface area contributed by atoms with Crippen LogP contribution in [0.5, 0.6) is 11.5 Å². The molecule has 0 amide bonds. The summed E-state index contributed by atoms with van der Waals surface area (Å²) in [6.07, 6.45) is -0.792. The monoisotopic (exact) mass is 838 g/mol. The lowest BCUT2D eigenvalue weighted by atomic mass is 9.85. The van der Waals surface area contributed by atoms with Crippen LogP contribution in [-0.4, -0.2) is 6.16 Å². The molecule has 0 bridgehead atoms. The van der Waals surface area contributed by atoms with E-state index in [0.717, 1.165) is 22.3 Å². The van der Waals surface area contributed by atoms with E-state index >= 15 is 0 Å². The van der Waals surface area contributed by atoms with Crippen molar-refractivity contribution in [2.45, 2.75) is 79.1 Å². The summed E-state index contributed by atoms with van der Waals surface area (Å²) in [7, 11) is 0. The highest BCUT2D eigenvalue weighted by Crippen LogP contribution is 2.43. The fraction of sp³-hybridized carbons (Fsp3) is 0.197. The fourth-order valence-electron chi connectivity index (χ4n) is 9.01. The third-order valence-electron chi connectivity index (χ3n) is 12.3. The maximum Gasteiger partial charge on any atom is 0.519 e. The predicted molar refractivity (Wildman–Crippen MR) is 269 cm³/mol. The van der Waals surface area contributed by atoms with Crippen LogP contribution in [-0.2, 0) is 0 Å². The highest BCUT2D eigenvalue weighted by atomic mass is 16.7. The number of carbonyl (C=O) groups is 1. The standard InChI is InChI=1S/C61H58O3/c1-39(2)49-17-9-13-21-53(49)45-29-35-55(59(37-45)57-23-15-11-19-51(57)41(5)6)43-25-31-47(32-26-43)63-61(62)64-48-33-27-44(28-34-48)56-36-30-46(54-22-14-10-18-50(54)40(3)4)38-60(56)58-24-16-12-20-52(58)42(7)8/h9-42H,1-8H3. The molecular weight excluding hydrogens is 781 g/mol. The molecule has 0 N–H and O–H groups in total. The summed E-state index contributed by atoms with van der Waals surface area (Å²) < 4.78 is 11.5. The first-order valence-electron chi connectivity index (χ1n) is 22.7. The van der Waals surface area contributed by atoms with Gasteiger partial charge in [0.2, 0.25) is 0 Å². The Morgan fingerprint density at radius 3 is 0.906 bits per heavy atom. The smallest absolute Gasteiger partial charge is 0.395 e. The van der Waals surface area contributed by atoms with E-state index in [9.17, 15) is 4.79 Å². The Morgan fingerprint density at radius 1 is 0.297 bits per heavy atom. The van der Waals surface area contributed by atoms with Gasteiger partial charge in [-0.3, -0.25) is 0 Å². The lowest BCUT2D eigenvalue weighted by Crippen LogP contribution is -2.13. The molecule has 320 valence electrons. The van der Waals surface area contributed by atoms with E-state index in [4.69, 9.17) is 9.47 Å². The Bertz CT molecular complexity index is 2700. The molecule has 0 saturated heterocycles. The van der Waals surface area contributed by atoms with Crippen molar-refractivity contribution >= 4 is 6.16 Å². The van der Waals surface area contributed by atoms with Crippen molar-refractivity contribution < 1.29 is 14.3 Å². The lowest BCUT2D eigenvalue weighted by Gasteiger charge is -2.19. The quantitative estimate of drug-likeness (QED) is 0.0908. The van der Waals surface area contributed by atoms with Crippen molar-refractivity contribution in [2.75, 3.05) is 0 Å². The molecule has 0 aromatic heterocycles. The predicted octanol–water partition coefficient (Wildman–Crippen LogP) is 17.8. The Labute approximate surface area is 380 Å². The molecule has 0 unspecified atom stereocenters. The molecule has 0 spiro atoms. The van der Waals surface area contributed by atoms with E-state index < -0.39 is 6.16 Å². The van der Waals surface area contributed by atoms with Crippen molar-refractivity contribution in [3.8, 4) is 78.3 Å². The number of carbonyl (C=O) groups excluding carboxylic acids is 1. The van der Waals surface area contributed by atoms with Crippen LogP contribution in [0, 0.1) is 0 Å². The second kappa shape index (κ2) is 19.2. The van der Waals surface area contributed by atoms with E-state index in [2.05, 4.69) is 189 Å². The van der Waals surface area contributed by atoms with Crippen LogP contribution in [0.25, 0.3) is 66.8 Å². The Kier molecular flexibility index (Phi) is 13.1. The largest absolute Gasteiger partial charge is 0.519 e. The summed E-state index contributed by atoms with van der Waals surface area (Å²) in [6.45, 7) is 18.0. The zero-order chi connectivity index (χ0) is 44.9. The van der Waals surface area contributed by atoms with Gasteiger partial charge in [-0.1, -0.05) is 201 Å². The van der Waals surface area contributed by atoms with Crippen LogP contribution in [0.1, 0.15) is 101 Å². The van der Waals surface area contributed by atoms with Crippen LogP contribution >= 0.6 is 0 Å². The number of ether oxygens (including phenoxy) is 2. The minimum atomic E-state index is -0.792. The van der Waals surface area contributed by atoms with Crippen molar-refractivity contribution in [3.05, 3.63) is 204 Å². The molecule has 3 nitrogen and oxygen atoms in total. The van der Waals surface area contributed by atoms with Gasteiger partial charge in [0.25, 0.3) is 0 Å². The molecule has 8 rings (SSSR count).